The molecular formula is C17H21N3O5. The molecule has 134 valence electrons. The summed E-state index contributed by atoms with van der Waals surface area (Å²) in [6.07, 6.45) is 0.556. The van der Waals surface area contributed by atoms with Crippen LogP contribution in [0.5, 0.6) is 11.5 Å². The molecule has 2 atom stereocenters. The number of benzene rings is 1. The normalized spacial score (nSPS) is 22.2. The summed E-state index contributed by atoms with van der Waals surface area (Å²) < 4.78 is 10.5. The van der Waals surface area contributed by atoms with E-state index in [0.717, 1.165) is 0 Å². The molecule has 0 radical (unpaired) electrons. The van der Waals surface area contributed by atoms with Crippen LogP contribution in [0, 0.1) is 0 Å². The summed E-state index contributed by atoms with van der Waals surface area (Å²) in [5.41, 5.74) is 0.712. The Bertz CT molecular complexity index is 682. The molecule has 2 aliphatic heterocycles. The van der Waals surface area contributed by atoms with Crippen LogP contribution in [0.25, 0.3) is 0 Å². The summed E-state index contributed by atoms with van der Waals surface area (Å²) in [5.74, 6) is 0.782. The summed E-state index contributed by atoms with van der Waals surface area (Å²) in [6, 6.07) is 4.55. The van der Waals surface area contributed by atoms with E-state index in [1.807, 2.05) is 0 Å². The first-order valence-corrected chi connectivity index (χ1v) is 8.09. The Balaban J connectivity index is 1.64. The Hall–Kier alpha value is -2.77. The van der Waals surface area contributed by atoms with Crippen molar-refractivity contribution in [3.8, 4) is 11.5 Å². The fraction of sp³-hybridized carbons (Fsp3) is 0.471. The SMILES string of the molecule is COc1ccc(OC)c(CC(=O)N[C@@H]2C[C@H]3C(=O)NCC(=O)N3C2)c1. The predicted molar refractivity (Wildman–Crippen MR) is 88.3 cm³/mol. The molecule has 0 aromatic heterocycles. The van der Waals surface area contributed by atoms with Gasteiger partial charge in [-0.2, -0.15) is 0 Å². The van der Waals surface area contributed by atoms with Crippen molar-refractivity contribution in [3.63, 3.8) is 0 Å². The molecule has 3 rings (SSSR count). The standard InChI is InChI=1S/C17H21N3O5/c1-24-12-3-4-14(25-2)10(5-12)6-15(21)19-11-7-13-17(23)18-8-16(22)20(13)9-11/h3-5,11,13H,6-9H2,1-2H3,(H,18,23)(H,19,21)/t11-,13+/m1/s1. The maximum atomic E-state index is 12.4. The molecule has 25 heavy (non-hydrogen) atoms. The molecule has 2 heterocycles. The molecule has 2 fully saturated rings. The number of rotatable bonds is 5. The first-order chi connectivity index (χ1) is 12.0. The fourth-order valence-electron chi connectivity index (χ4n) is 3.32. The van der Waals surface area contributed by atoms with E-state index in [4.69, 9.17) is 9.47 Å². The third-order valence-electron chi connectivity index (χ3n) is 4.54. The molecule has 2 aliphatic rings. The third-order valence-corrected chi connectivity index (χ3v) is 4.54. The van der Waals surface area contributed by atoms with E-state index in [1.54, 1.807) is 32.4 Å². The van der Waals surface area contributed by atoms with Crippen molar-refractivity contribution in [1.29, 1.82) is 0 Å². The monoisotopic (exact) mass is 347 g/mol. The van der Waals surface area contributed by atoms with Crippen molar-refractivity contribution >= 4 is 17.7 Å². The van der Waals surface area contributed by atoms with Crippen LogP contribution in [0.2, 0.25) is 0 Å². The second kappa shape index (κ2) is 7.00. The van der Waals surface area contributed by atoms with Gasteiger partial charge in [-0.1, -0.05) is 0 Å². The van der Waals surface area contributed by atoms with Crippen LogP contribution in [-0.4, -0.2) is 62.0 Å². The Morgan fingerprint density at radius 2 is 2.12 bits per heavy atom. The lowest BCUT2D eigenvalue weighted by atomic mass is 10.1. The maximum Gasteiger partial charge on any atom is 0.243 e. The zero-order valence-electron chi connectivity index (χ0n) is 14.2. The van der Waals surface area contributed by atoms with Gasteiger partial charge in [0.25, 0.3) is 0 Å². The molecule has 8 heteroatoms. The van der Waals surface area contributed by atoms with E-state index in [9.17, 15) is 14.4 Å². The van der Waals surface area contributed by atoms with Crippen molar-refractivity contribution in [2.45, 2.75) is 24.9 Å². The van der Waals surface area contributed by atoms with Gasteiger partial charge in [0.05, 0.1) is 27.2 Å². The van der Waals surface area contributed by atoms with Crippen molar-refractivity contribution in [1.82, 2.24) is 15.5 Å². The highest BCUT2D eigenvalue weighted by molar-refractivity contribution is 5.95. The van der Waals surface area contributed by atoms with Crippen LogP contribution < -0.4 is 20.1 Å². The van der Waals surface area contributed by atoms with Crippen molar-refractivity contribution in [2.75, 3.05) is 27.3 Å². The second-order valence-corrected chi connectivity index (χ2v) is 6.13. The number of nitrogens with one attached hydrogen (secondary N) is 2. The summed E-state index contributed by atoms with van der Waals surface area (Å²) in [6.45, 7) is 0.384. The van der Waals surface area contributed by atoms with Crippen LogP contribution in [0.3, 0.4) is 0 Å². The average molecular weight is 347 g/mol. The molecule has 1 aromatic carbocycles. The highest BCUT2D eigenvalue weighted by Gasteiger charge is 2.42. The lowest BCUT2D eigenvalue weighted by molar-refractivity contribution is -0.143. The molecule has 0 aliphatic carbocycles. The molecule has 2 saturated heterocycles. The van der Waals surface area contributed by atoms with Gasteiger partial charge in [-0.05, 0) is 24.6 Å². The van der Waals surface area contributed by atoms with Gasteiger partial charge in [0.2, 0.25) is 17.7 Å². The lowest BCUT2D eigenvalue weighted by Crippen LogP contribution is -2.55. The summed E-state index contributed by atoms with van der Waals surface area (Å²) in [5, 5.41) is 5.48. The largest absolute Gasteiger partial charge is 0.497 e. The van der Waals surface area contributed by atoms with Crippen LogP contribution >= 0.6 is 0 Å². The molecule has 0 saturated carbocycles. The number of carbonyl (C=O) groups excluding carboxylic acids is 3. The third kappa shape index (κ3) is 3.52. The number of piperazine rings is 1. The Morgan fingerprint density at radius 1 is 1.32 bits per heavy atom. The molecule has 1 aromatic rings. The van der Waals surface area contributed by atoms with Crippen LogP contribution in [-0.2, 0) is 20.8 Å². The minimum absolute atomic E-state index is 0.0248. The van der Waals surface area contributed by atoms with Gasteiger partial charge in [0, 0.05) is 18.2 Å². The summed E-state index contributed by atoms with van der Waals surface area (Å²) >= 11 is 0. The molecular weight excluding hydrogens is 326 g/mol. The number of hydrogen-bond donors (Lipinski definition) is 2. The van der Waals surface area contributed by atoms with Crippen molar-refractivity contribution in [3.05, 3.63) is 23.8 Å². The van der Waals surface area contributed by atoms with Crippen LogP contribution in [0.4, 0.5) is 0 Å². The van der Waals surface area contributed by atoms with E-state index in [0.29, 0.717) is 30.0 Å². The van der Waals surface area contributed by atoms with Crippen molar-refractivity contribution in [2.24, 2.45) is 0 Å². The number of nitrogens with zero attached hydrogens (tertiary/aromatic N) is 1. The lowest BCUT2D eigenvalue weighted by Gasteiger charge is -2.28. The quantitative estimate of drug-likeness (QED) is 0.746. The summed E-state index contributed by atoms with van der Waals surface area (Å²) in [4.78, 5) is 37.6. The second-order valence-electron chi connectivity index (χ2n) is 6.13. The fourth-order valence-corrected chi connectivity index (χ4v) is 3.32. The molecule has 3 amide bonds. The Labute approximate surface area is 145 Å². The highest BCUT2D eigenvalue weighted by atomic mass is 16.5. The topological polar surface area (TPSA) is 97.0 Å². The molecule has 8 nitrogen and oxygen atoms in total. The summed E-state index contributed by atoms with van der Waals surface area (Å²) in [7, 11) is 3.10. The Kier molecular flexibility index (Phi) is 4.78. The van der Waals surface area contributed by atoms with Gasteiger partial charge in [-0.3, -0.25) is 14.4 Å². The molecule has 2 N–H and O–H groups in total. The highest BCUT2D eigenvalue weighted by Crippen LogP contribution is 2.25. The molecule has 0 bridgehead atoms. The van der Waals surface area contributed by atoms with Crippen LogP contribution in [0.15, 0.2) is 18.2 Å². The number of amides is 3. The zero-order valence-corrected chi connectivity index (χ0v) is 14.2. The van der Waals surface area contributed by atoms with Gasteiger partial charge in [0.15, 0.2) is 0 Å². The van der Waals surface area contributed by atoms with E-state index < -0.39 is 6.04 Å². The minimum Gasteiger partial charge on any atom is -0.497 e. The molecule has 0 spiro atoms. The van der Waals surface area contributed by atoms with Gasteiger partial charge in [-0.25, -0.2) is 0 Å². The molecule has 0 unspecified atom stereocenters. The van der Waals surface area contributed by atoms with Gasteiger partial charge < -0.3 is 25.0 Å². The number of methoxy groups -OCH3 is 2. The first kappa shape index (κ1) is 17.1. The number of ether oxygens (including phenoxy) is 2. The van der Waals surface area contributed by atoms with E-state index >= 15 is 0 Å². The van der Waals surface area contributed by atoms with Gasteiger partial charge >= 0.3 is 0 Å². The zero-order chi connectivity index (χ0) is 18.0. The average Bonchev–Trinajstić information content (AvgIpc) is 3.03. The Morgan fingerprint density at radius 3 is 2.80 bits per heavy atom. The minimum atomic E-state index is -0.488. The maximum absolute atomic E-state index is 12.4. The number of hydrogen-bond acceptors (Lipinski definition) is 5. The smallest absolute Gasteiger partial charge is 0.243 e. The van der Waals surface area contributed by atoms with Crippen molar-refractivity contribution < 1.29 is 23.9 Å². The van der Waals surface area contributed by atoms with E-state index in [1.165, 1.54) is 4.90 Å². The van der Waals surface area contributed by atoms with E-state index in [-0.39, 0.29) is 36.7 Å². The number of fused-ring (bicyclic) bond motifs is 1. The number of carbonyl (C=O) groups is 3. The van der Waals surface area contributed by atoms with Crippen LogP contribution in [0.1, 0.15) is 12.0 Å². The van der Waals surface area contributed by atoms with Gasteiger partial charge in [0.1, 0.15) is 17.5 Å². The predicted octanol–water partition coefficient (Wildman–Crippen LogP) is -0.538. The van der Waals surface area contributed by atoms with E-state index in [2.05, 4.69) is 10.6 Å². The first-order valence-electron chi connectivity index (χ1n) is 8.09. The van der Waals surface area contributed by atoms with Gasteiger partial charge in [-0.15, -0.1) is 0 Å².